The summed E-state index contributed by atoms with van der Waals surface area (Å²) >= 11 is 0. The van der Waals surface area contributed by atoms with E-state index in [0.717, 1.165) is 22.5 Å². The van der Waals surface area contributed by atoms with Crippen molar-refractivity contribution in [2.24, 2.45) is 14.1 Å². The van der Waals surface area contributed by atoms with Crippen LogP contribution < -0.4 is 16.6 Å². The number of hydrogen-bond donors (Lipinski definition) is 1. The molecule has 8 heteroatoms. The van der Waals surface area contributed by atoms with Gasteiger partial charge in [0.15, 0.2) is 11.2 Å². The first-order valence-corrected chi connectivity index (χ1v) is 9.24. The fourth-order valence-corrected chi connectivity index (χ4v) is 3.64. The minimum absolute atomic E-state index is 0.337. The van der Waals surface area contributed by atoms with E-state index in [9.17, 15) is 9.59 Å². The van der Waals surface area contributed by atoms with Gasteiger partial charge < -0.3 is 9.88 Å². The second-order valence-electron chi connectivity index (χ2n) is 7.33. The van der Waals surface area contributed by atoms with Crippen LogP contribution in [-0.2, 0) is 20.6 Å². The lowest BCUT2D eigenvalue weighted by Gasteiger charge is -2.12. The molecule has 3 heterocycles. The third-order valence-corrected chi connectivity index (χ3v) is 5.30. The van der Waals surface area contributed by atoms with Gasteiger partial charge in [0, 0.05) is 44.8 Å². The molecule has 0 aliphatic heterocycles. The number of hydrogen-bond acceptors (Lipinski definition) is 4. The molecule has 28 heavy (non-hydrogen) atoms. The highest BCUT2D eigenvalue weighted by Gasteiger charge is 2.18. The summed E-state index contributed by atoms with van der Waals surface area (Å²) < 4.78 is 6.37. The molecule has 146 valence electrons. The highest BCUT2D eigenvalue weighted by molar-refractivity contribution is 5.75. The van der Waals surface area contributed by atoms with Gasteiger partial charge in [-0.25, -0.2) is 4.79 Å². The molecule has 0 amide bonds. The van der Waals surface area contributed by atoms with Gasteiger partial charge in [-0.15, -0.1) is 0 Å². The van der Waals surface area contributed by atoms with Crippen molar-refractivity contribution in [2.75, 3.05) is 11.9 Å². The number of aromatic nitrogens is 5. The van der Waals surface area contributed by atoms with Crippen molar-refractivity contribution in [1.82, 2.24) is 23.1 Å². The van der Waals surface area contributed by atoms with Crippen molar-refractivity contribution in [3.8, 4) is 0 Å². The molecule has 4 aromatic rings. The van der Waals surface area contributed by atoms with E-state index >= 15 is 0 Å². The largest absolute Gasteiger partial charge is 0.383 e. The quantitative estimate of drug-likeness (QED) is 0.585. The third-order valence-electron chi connectivity index (χ3n) is 5.30. The van der Waals surface area contributed by atoms with Crippen LogP contribution >= 0.6 is 0 Å². The van der Waals surface area contributed by atoms with Crippen molar-refractivity contribution >= 4 is 22.6 Å². The number of anilines is 1. The van der Waals surface area contributed by atoms with Crippen LogP contribution in [0.3, 0.4) is 0 Å². The van der Waals surface area contributed by atoms with Gasteiger partial charge in [-0.05, 0) is 38.0 Å². The first-order valence-electron chi connectivity index (χ1n) is 9.24. The molecule has 8 nitrogen and oxygen atoms in total. The van der Waals surface area contributed by atoms with Gasteiger partial charge in [0.2, 0.25) is 5.78 Å². The van der Waals surface area contributed by atoms with Crippen LogP contribution in [0.25, 0.3) is 16.9 Å². The van der Waals surface area contributed by atoms with Gasteiger partial charge in [-0.3, -0.25) is 18.3 Å². The molecule has 0 fully saturated rings. The molecule has 1 N–H and O–H groups in total. The molecular weight excluding hydrogens is 356 g/mol. The Kier molecular flexibility index (Phi) is 4.14. The van der Waals surface area contributed by atoms with Crippen molar-refractivity contribution in [3.63, 3.8) is 0 Å². The summed E-state index contributed by atoms with van der Waals surface area (Å²) in [6.07, 6.45) is 1.90. The fraction of sp³-hybridized carbons (Fsp3) is 0.350. The number of rotatable bonds is 4. The third kappa shape index (κ3) is 2.64. The molecule has 0 aliphatic rings. The normalized spacial score (nSPS) is 11.6. The highest BCUT2D eigenvalue weighted by Crippen LogP contribution is 2.18. The summed E-state index contributed by atoms with van der Waals surface area (Å²) in [4.78, 5) is 29.4. The van der Waals surface area contributed by atoms with E-state index in [-0.39, 0.29) is 11.2 Å². The van der Waals surface area contributed by atoms with Crippen molar-refractivity contribution in [1.29, 1.82) is 0 Å². The smallest absolute Gasteiger partial charge is 0.332 e. The molecular formula is C20H24N6O2. The van der Waals surface area contributed by atoms with Crippen LogP contribution in [0.15, 0.2) is 34.0 Å². The molecule has 0 spiro atoms. The first kappa shape index (κ1) is 18.1. The lowest BCUT2D eigenvalue weighted by atomic mass is 10.1. The van der Waals surface area contributed by atoms with Crippen molar-refractivity contribution in [2.45, 2.75) is 27.3 Å². The van der Waals surface area contributed by atoms with E-state index < -0.39 is 0 Å². The zero-order chi connectivity index (χ0) is 20.2. The van der Waals surface area contributed by atoms with Crippen LogP contribution in [0.4, 0.5) is 5.69 Å². The Bertz CT molecular complexity index is 1340. The second-order valence-corrected chi connectivity index (χ2v) is 7.33. The number of fused-ring (bicyclic) bond motifs is 3. The summed E-state index contributed by atoms with van der Waals surface area (Å²) in [7, 11) is 3.12. The number of nitrogens with one attached hydrogen (secondary N) is 1. The Morgan fingerprint density at radius 1 is 1.07 bits per heavy atom. The molecule has 0 atom stereocenters. The predicted octanol–water partition coefficient (Wildman–Crippen LogP) is 1.72. The maximum atomic E-state index is 12.6. The topological polar surface area (TPSA) is 78.3 Å². The number of imidazole rings is 2. The molecule has 0 aliphatic carbocycles. The fourth-order valence-electron chi connectivity index (χ4n) is 3.64. The van der Waals surface area contributed by atoms with E-state index in [4.69, 9.17) is 0 Å². The molecule has 0 radical (unpaired) electrons. The number of benzene rings is 1. The van der Waals surface area contributed by atoms with Crippen LogP contribution in [-0.4, -0.2) is 29.6 Å². The maximum absolute atomic E-state index is 12.6. The lowest BCUT2D eigenvalue weighted by molar-refractivity contribution is 0.706. The van der Waals surface area contributed by atoms with Crippen LogP contribution in [0, 0.1) is 20.8 Å². The van der Waals surface area contributed by atoms with Crippen LogP contribution in [0.1, 0.15) is 16.8 Å². The minimum atomic E-state index is -0.377. The summed E-state index contributed by atoms with van der Waals surface area (Å²) in [6, 6.07) is 6.34. The molecule has 0 saturated heterocycles. The van der Waals surface area contributed by atoms with E-state index in [1.165, 1.54) is 22.7 Å². The summed E-state index contributed by atoms with van der Waals surface area (Å²) in [5.74, 6) is 0.661. The van der Waals surface area contributed by atoms with Gasteiger partial charge >= 0.3 is 5.69 Å². The van der Waals surface area contributed by atoms with E-state index in [2.05, 4.69) is 46.9 Å². The van der Waals surface area contributed by atoms with Gasteiger partial charge in [-0.2, -0.15) is 4.98 Å². The SMILES string of the molecule is Cc1ccc(C)c(NCCn2c(C)cn3c4c(=O)n(C)c(=O)n(C)c4nc23)c1. The zero-order valence-electron chi connectivity index (χ0n) is 16.8. The standard InChI is InChI=1S/C20H24N6O2/c1-12-6-7-13(2)15(10-12)21-8-9-25-14(3)11-26-16-17(22-19(25)26)23(4)20(28)24(5)18(16)27/h6-7,10-11,21H,8-9H2,1-5H3. The predicted molar refractivity (Wildman–Crippen MR) is 110 cm³/mol. The Labute approximate surface area is 161 Å². The number of nitrogens with zero attached hydrogens (tertiary/aromatic N) is 5. The van der Waals surface area contributed by atoms with Crippen LogP contribution in [0.5, 0.6) is 0 Å². The van der Waals surface area contributed by atoms with Gasteiger partial charge in [0.1, 0.15) is 0 Å². The summed E-state index contributed by atoms with van der Waals surface area (Å²) in [5.41, 5.74) is 4.64. The van der Waals surface area contributed by atoms with E-state index in [1.54, 1.807) is 11.4 Å². The molecule has 0 bridgehead atoms. The van der Waals surface area contributed by atoms with Gasteiger partial charge in [0.05, 0.1) is 0 Å². The summed E-state index contributed by atoms with van der Waals surface area (Å²) in [6.45, 7) is 7.55. The molecule has 0 saturated carbocycles. The summed E-state index contributed by atoms with van der Waals surface area (Å²) in [5, 5.41) is 3.48. The Morgan fingerprint density at radius 2 is 1.82 bits per heavy atom. The first-order chi connectivity index (χ1) is 13.3. The Balaban J connectivity index is 1.74. The highest BCUT2D eigenvalue weighted by atomic mass is 16.2. The lowest BCUT2D eigenvalue weighted by Crippen LogP contribution is -2.37. The average Bonchev–Trinajstić information content (AvgIpc) is 3.17. The molecule has 3 aromatic heterocycles. The molecule has 4 rings (SSSR count). The van der Waals surface area contributed by atoms with Crippen LogP contribution in [0.2, 0.25) is 0 Å². The Hall–Kier alpha value is -3.29. The van der Waals surface area contributed by atoms with Gasteiger partial charge in [0.25, 0.3) is 5.56 Å². The van der Waals surface area contributed by atoms with E-state index in [1.807, 2.05) is 13.1 Å². The minimum Gasteiger partial charge on any atom is -0.383 e. The van der Waals surface area contributed by atoms with E-state index in [0.29, 0.717) is 23.5 Å². The monoisotopic (exact) mass is 380 g/mol. The molecule has 1 aromatic carbocycles. The van der Waals surface area contributed by atoms with Gasteiger partial charge in [-0.1, -0.05) is 12.1 Å². The second kappa shape index (κ2) is 6.40. The molecule has 0 unspecified atom stereocenters. The Morgan fingerprint density at radius 3 is 2.57 bits per heavy atom. The number of aryl methyl sites for hydroxylation is 4. The van der Waals surface area contributed by atoms with Crippen molar-refractivity contribution < 1.29 is 0 Å². The van der Waals surface area contributed by atoms with Crippen molar-refractivity contribution in [3.05, 3.63) is 62.1 Å². The maximum Gasteiger partial charge on any atom is 0.332 e. The average molecular weight is 380 g/mol. The zero-order valence-corrected chi connectivity index (χ0v) is 16.8.